The van der Waals surface area contributed by atoms with Gasteiger partial charge in [0.2, 0.25) is 5.95 Å². The average molecular weight is 381 g/mol. The molecular formula is C15H17ClN6O2S. The van der Waals surface area contributed by atoms with Gasteiger partial charge in [-0.25, -0.2) is 9.82 Å². The van der Waals surface area contributed by atoms with Crippen molar-refractivity contribution in [1.82, 2.24) is 14.8 Å². The second-order valence-electron chi connectivity index (χ2n) is 5.47. The van der Waals surface area contributed by atoms with E-state index in [4.69, 9.17) is 17.3 Å². The Kier molecular flexibility index (Phi) is 5.05. The maximum Gasteiger partial charge on any atom is 0.276 e. The zero-order valence-corrected chi connectivity index (χ0v) is 14.8. The smallest absolute Gasteiger partial charge is 0.276 e. The first-order valence-electron chi connectivity index (χ1n) is 7.65. The molecule has 1 aromatic heterocycles. The fourth-order valence-corrected chi connectivity index (χ4v) is 3.57. The monoisotopic (exact) mass is 380 g/mol. The molecule has 3 N–H and O–H groups in total. The fourth-order valence-electron chi connectivity index (χ4n) is 2.54. The molecule has 0 bridgehead atoms. The number of hydrogen-bond acceptors (Lipinski definition) is 7. The number of nitrogens with two attached hydrogens (primary N) is 1. The van der Waals surface area contributed by atoms with Gasteiger partial charge in [0.1, 0.15) is 11.0 Å². The minimum absolute atomic E-state index is 0.0638. The summed E-state index contributed by atoms with van der Waals surface area (Å²) in [5.74, 6) is 0.617. The topological polar surface area (TPSA) is 114 Å². The van der Waals surface area contributed by atoms with Gasteiger partial charge >= 0.3 is 0 Å². The van der Waals surface area contributed by atoms with E-state index in [1.54, 1.807) is 18.2 Å². The molecule has 8 nitrogen and oxygen atoms in total. The van der Waals surface area contributed by atoms with E-state index < -0.39 is 10.0 Å². The molecule has 1 aliphatic rings. The van der Waals surface area contributed by atoms with Crippen LogP contribution in [0.15, 0.2) is 40.3 Å². The Morgan fingerprint density at radius 1 is 1.20 bits per heavy atom. The van der Waals surface area contributed by atoms with E-state index >= 15 is 0 Å². The lowest BCUT2D eigenvalue weighted by Gasteiger charge is -2.19. The molecule has 2 heterocycles. The van der Waals surface area contributed by atoms with E-state index in [9.17, 15) is 8.42 Å². The van der Waals surface area contributed by atoms with Crippen molar-refractivity contribution in [3.63, 3.8) is 0 Å². The molecule has 2 aromatic rings. The van der Waals surface area contributed by atoms with Gasteiger partial charge in [0.15, 0.2) is 0 Å². The van der Waals surface area contributed by atoms with Gasteiger partial charge in [0, 0.05) is 13.1 Å². The summed E-state index contributed by atoms with van der Waals surface area (Å²) in [6.45, 7) is 1.65. The van der Waals surface area contributed by atoms with Crippen LogP contribution in [-0.4, -0.2) is 37.7 Å². The molecule has 1 aliphatic heterocycles. The minimum atomic E-state index is -3.75. The summed E-state index contributed by atoms with van der Waals surface area (Å²) in [6.07, 6.45) is 3.38. The number of nitrogens with one attached hydrogen (secondary N) is 1. The number of nitrogen functional groups attached to an aromatic ring is 1. The number of aromatic nitrogens is 2. The molecule has 0 radical (unpaired) electrons. The summed E-state index contributed by atoms with van der Waals surface area (Å²) < 4.78 is 24.4. The van der Waals surface area contributed by atoms with Crippen LogP contribution in [-0.2, 0) is 10.0 Å². The molecule has 1 aromatic carbocycles. The summed E-state index contributed by atoms with van der Waals surface area (Å²) in [6, 6.07) is 7.96. The molecule has 0 atom stereocenters. The molecular weight excluding hydrogens is 364 g/mol. The SMILES string of the molecule is Nc1nc(Cl)c(/C=N/NS(=O)(=O)c2ccccc2)c(N2CCCC2)n1. The van der Waals surface area contributed by atoms with Crippen LogP contribution in [0, 0.1) is 0 Å². The van der Waals surface area contributed by atoms with Gasteiger partial charge in [-0.15, -0.1) is 0 Å². The fraction of sp³-hybridized carbons (Fsp3) is 0.267. The quantitative estimate of drug-likeness (QED) is 0.463. The van der Waals surface area contributed by atoms with Crippen LogP contribution in [0.5, 0.6) is 0 Å². The van der Waals surface area contributed by atoms with Gasteiger partial charge in [0.05, 0.1) is 16.7 Å². The zero-order chi connectivity index (χ0) is 17.9. The number of sulfonamides is 1. The molecule has 0 unspecified atom stereocenters. The predicted octanol–water partition coefficient (Wildman–Crippen LogP) is 1.62. The van der Waals surface area contributed by atoms with Crippen LogP contribution in [0.4, 0.5) is 11.8 Å². The number of hydrazone groups is 1. The number of rotatable bonds is 5. The van der Waals surface area contributed by atoms with Crippen molar-refractivity contribution in [3.05, 3.63) is 41.0 Å². The first-order valence-corrected chi connectivity index (χ1v) is 9.51. The second-order valence-corrected chi connectivity index (χ2v) is 7.49. The molecule has 0 saturated carbocycles. The Morgan fingerprint density at radius 3 is 2.56 bits per heavy atom. The highest BCUT2D eigenvalue weighted by atomic mass is 35.5. The van der Waals surface area contributed by atoms with Crippen molar-refractivity contribution < 1.29 is 8.42 Å². The van der Waals surface area contributed by atoms with Crippen molar-refractivity contribution in [3.8, 4) is 0 Å². The van der Waals surface area contributed by atoms with Crippen LogP contribution in [0.25, 0.3) is 0 Å². The highest BCUT2D eigenvalue weighted by Gasteiger charge is 2.20. The van der Waals surface area contributed by atoms with E-state index in [-0.39, 0.29) is 16.0 Å². The first kappa shape index (κ1) is 17.4. The van der Waals surface area contributed by atoms with Crippen molar-refractivity contribution in [2.24, 2.45) is 5.10 Å². The Labute approximate surface area is 150 Å². The third-order valence-electron chi connectivity index (χ3n) is 3.72. The maximum absolute atomic E-state index is 12.2. The lowest BCUT2D eigenvalue weighted by Crippen LogP contribution is -2.23. The Morgan fingerprint density at radius 2 is 1.88 bits per heavy atom. The normalized spacial score (nSPS) is 15.0. The standard InChI is InChI=1S/C15H17ClN6O2S/c16-13-12(14(20-15(17)19-13)22-8-4-5-9-22)10-18-21-25(23,24)11-6-2-1-3-7-11/h1-3,6-7,10,21H,4-5,8-9H2,(H2,17,19,20)/b18-10+. The number of benzene rings is 1. The predicted molar refractivity (Wildman–Crippen MR) is 97.3 cm³/mol. The Hall–Kier alpha value is -2.39. The van der Waals surface area contributed by atoms with Crippen LogP contribution >= 0.6 is 11.6 Å². The molecule has 132 valence electrons. The molecule has 0 aliphatic carbocycles. The number of halogens is 1. The molecule has 0 spiro atoms. The van der Waals surface area contributed by atoms with Crippen molar-refractivity contribution in [2.45, 2.75) is 17.7 Å². The Bertz CT molecular complexity index is 882. The third-order valence-corrected chi connectivity index (χ3v) is 5.25. The lowest BCUT2D eigenvalue weighted by atomic mass is 10.3. The number of hydrogen-bond donors (Lipinski definition) is 2. The molecule has 0 amide bonds. The second kappa shape index (κ2) is 7.24. The number of nitrogens with zero attached hydrogens (tertiary/aromatic N) is 4. The average Bonchev–Trinajstić information content (AvgIpc) is 3.11. The van der Waals surface area contributed by atoms with E-state index in [1.807, 2.05) is 4.90 Å². The third kappa shape index (κ3) is 3.99. The molecule has 3 rings (SSSR count). The summed E-state index contributed by atoms with van der Waals surface area (Å²) >= 11 is 6.15. The maximum atomic E-state index is 12.2. The van der Waals surface area contributed by atoms with Crippen LogP contribution in [0.3, 0.4) is 0 Å². The summed E-state index contributed by atoms with van der Waals surface area (Å²) in [5, 5.41) is 3.94. The highest BCUT2D eigenvalue weighted by Crippen LogP contribution is 2.26. The van der Waals surface area contributed by atoms with Gasteiger partial charge in [-0.3, -0.25) is 0 Å². The van der Waals surface area contributed by atoms with Gasteiger partial charge < -0.3 is 10.6 Å². The van der Waals surface area contributed by atoms with Crippen molar-refractivity contribution in [1.29, 1.82) is 0 Å². The molecule has 10 heteroatoms. The highest BCUT2D eigenvalue weighted by molar-refractivity contribution is 7.89. The van der Waals surface area contributed by atoms with Gasteiger partial charge in [-0.05, 0) is 25.0 Å². The van der Waals surface area contributed by atoms with Crippen LogP contribution < -0.4 is 15.5 Å². The molecule has 1 saturated heterocycles. The minimum Gasteiger partial charge on any atom is -0.368 e. The van der Waals surface area contributed by atoms with Crippen LogP contribution in [0.1, 0.15) is 18.4 Å². The van der Waals surface area contributed by atoms with Gasteiger partial charge in [-0.2, -0.15) is 18.5 Å². The summed E-state index contributed by atoms with van der Waals surface area (Å²) in [5.41, 5.74) is 6.11. The van der Waals surface area contributed by atoms with E-state index in [1.165, 1.54) is 18.3 Å². The van der Waals surface area contributed by atoms with Crippen molar-refractivity contribution >= 4 is 39.6 Å². The Balaban J connectivity index is 1.86. The van der Waals surface area contributed by atoms with E-state index in [0.29, 0.717) is 11.4 Å². The largest absolute Gasteiger partial charge is 0.368 e. The first-order chi connectivity index (χ1) is 12.0. The zero-order valence-electron chi connectivity index (χ0n) is 13.3. The molecule has 1 fully saturated rings. The summed E-state index contributed by atoms with van der Waals surface area (Å²) in [4.78, 5) is 12.4. The van der Waals surface area contributed by atoms with Gasteiger partial charge in [-0.1, -0.05) is 29.8 Å². The van der Waals surface area contributed by atoms with E-state index in [0.717, 1.165) is 25.9 Å². The van der Waals surface area contributed by atoms with E-state index in [2.05, 4.69) is 19.9 Å². The molecule has 25 heavy (non-hydrogen) atoms. The summed E-state index contributed by atoms with van der Waals surface area (Å²) in [7, 11) is -3.75. The van der Waals surface area contributed by atoms with Gasteiger partial charge in [0.25, 0.3) is 10.0 Å². The van der Waals surface area contributed by atoms with Crippen LogP contribution in [0.2, 0.25) is 5.15 Å². The number of anilines is 2. The lowest BCUT2D eigenvalue weighted by molar-refractivity contribution is 0.584. The van der Waals surface area contributed by atoms with Crippen molar-refractivity contribution in [2.75, 3.05) is 23.7 Å².